The highest BCUT2D eigenvalue weighted by atomic mass is 16.6. The second kappa shape index (κ2) is 9.71. The minimum absolute atomic E-state index is 0.172. The zero-order valence-corrected chi connectivity index (χ0v) is 18.4. The highest BCUT2D eigenvalue weighted by Crippen LogP contribution is 2.15. The van der Waals surface area contributed by atoms with Crippen molar-refractivity contribution in [2.75, 3.05) is 13.1 Å². The van der Waals surface area contributed by atoms with Crippen LogP contribution in [0.3, 0.4) is 0 Å². The number of nitrogens with zero attached hydrogens (tertiary/aromatic N) is 4. The molecule has 0 aliphatic heterocycles. The van der Waals surface area contributed by atoms with E-state index in [0.29, 0.717) is 26.1 Å². The Labute approximate surface area is 172 Å². The van der Waals surface area contributed by atoms with Crippen LogP contribution in [0.2, 0.25) is 0 Å². The van der Waals surface area contributed by atoms with Crippen LogP contribution >= 0.6 is 0 Å². The standard InChI is InChI=1S/C21H33N5O3/c1-7-10-26(20(28)29-21(4,5)6)17(8-2)19(27)22-9-11-25-14-24-16-13-23-15(3)12-18(16)25/h12-14,17H,7-11H2,1-6H3,(H,22,27). The van der Waals surface area contributed by atoms with Crippen molar-refractivity contribution in [2.24, 2.45) is 0 Å². The van der Waals surface area contributed by atoms with Crippen LogP contribution in [0.1, 0.15) is 53.2 Å². The van der Waals surface area contributed by atoms with Crippen molar-refractivity contribution in [3.8, 4) is 0 Å². The Morgan fingerprint density at radius 3 is 2.62 bits per heavy atom. The maximum Gasteiger partial charge on any atom is 0.410 e. The molecule has 2 rings (SSSR count). The van der Waals surface area contributed by atoms with Gasteiger partial charge in [-0.25, -0.2) is 9.78 Å². The molecule has 8 heteroatoms. The SMILES string of the molecule is CCCN(C(=O)OC(C)(C)C)C(CC)C(=O)NCCn1cnc2cnc(C)cc21. The number of fused-ring (bicyclic) bond motifs is 1. The number of amides is 2. The number of hydrogen-bond acceptors (Lipinski definition) is 5. The zero-order valence-electron chi connectivity index (χ0n) is 18.4. The maximum absolute atomic E-state index is 12.8. The van der Waals surface area contributed by atoms with Crippen molar-refractivity contribution >= 4 is 23.0 Å². The molecule has 29 heavy (non-hydrogen) atoms. The summed E-state index contributed by atoms with van der Waals surface area (Å²) >= 11 is 0. The van der Waals surface area contributed by atoms with E-state index in [0.717, 1.165) is 23.1 Å². The second-order valence-corrected chi connectivity index (χ2v) is 8.14. The molecular weight excluding hydrogens is 370 g/mol. The van der Waals surface area contributed by atoms with E-state index >= 15 is 0 Å². The van der Waals surface area contributed by atoms with Gasteiger partial charge in [0.05, 0.1) is 18.0 Å². The molecule has 2 aromatic rings. The molecule has 1 unspecified atom stereocenters. The minimum Gasteiger partial charge on any atom is -0.444 e. The Kier molecular flexibility index (Phi) is 7.59. The predicted octanol–water partition coefficient (Wildman–Crippen LogP) is 3.28. The molecule has 2 heterocycles. The maximum atomic E-state index is 12.8. The molecule has 1 atom stereocenters. The van der Waals surface area contributed by atoms with Crippen LogP contribution in [-0.4, -0.2) is 56.2 Å². The summed E-state index contributed by atoms with van der Waals surface area (Å²) in [6, 6.07) is 1.42. The van der Waals surface area contributed by atoms with Crippen molar-refractivity contribution in [2.45, 2.75) is 72.6 Å². The quantitative estimate of drug-likeness (QED) is 0.731. The van der Waals surface area contributed by atoms with Gasteiger partial charge in [0, 0.05) is 25.3 Å². The Balaban J connectivity index is 2.01. The molecule has 8 nitrogen and oxygen atoms in total. The van der Waals surface area contributed by atoms with E-state index < -0.39 is 17.7 Å². The highest BCUT2D eigenvalue weighted by molar-refractivity contribution is 5.85. The highest BCUT2D eigenvalue weighted by Gasteiger charge is 2.31. The van der Waals surface area contributed by atoms with Crippen LogP contribution in [0.4, 0.5) is 4.79 Å². The van der Waals surface area contributed by atoms with Gasteiger partial charge in [0.15, 0.2) is 0 Å². The predicted molar refractivity (Wildman–Crippen MR) is 113 cm³/mol. The molecule has 0 fully saturated rings. The largest absolute Gasteiger partial charge is 0.444 e. The van der Waals surface area contributed by atoms with E-state index in [-0.39, 0.29) is 5.91 Å². The number of pyridine rings is 1. The monoisotopic (exact) mass is 403 g/mol. The van der Waals surface area contributed by atoms with Crippen LogP contribution in [0.5, 0.6) is 0 Å². The lowest BCUT2D eigenvalue weighted by Crippen LogP contribution is -2.51. The van der Waals surface area contributed by atoms with Gasteiger partial charge in [-0.2, -0.15) is 0 Å². The first-order chi connectivity index (χ1) is 13.7. The average molecular weight is 404 g/mol. The number of ether oxygens (including phenoxy) is 1. The van der Waals surface area contributed by atoms with Gasteiger partial charge in [-0.05, 0) is 46.6 Å². The van der Waals surface area contributed by atoms with Crippen LogP contribution in [0, 0.1) is 6.92 Å². The summed E-state index contributed by atoms with van der Waals surface area (Å²) in [5.74, 6) is -0.172. The molecule has 0 saturated heterocycles. The van der Waals surface area contributed by atoms with Gasteiger partial charge < -0.3 is 14.6 Å². The minimum atomic E-state index is -0.604. The molecule has 0 saturated carbocycles. The second-order valence-electron chi connectivity index (χ2n) is 8.14. The van der Waals surface area contributed by atoms with E-state index in [4.69, 9.17) is 4.74 Å². The normalized spacial score (nSPS) is 12.6. The molecule has 0 radical (unpaired) electrons. The number of nitrogens with one attached hydrogen (secondary N) is 1. The molecule has 0 bridgehead atoms. The Bertz CT molecular complexity index is 840. The Morgan fingerprint density at radius 2 is 2.00 bits per heavy atom. The number of aromatic nitrogens is 3. The number of rotatable bonds is 8. The van der Waals surface area contributed by atoms with E-state index in [1.165, 1.54) is 4.90 Å². The van der Waals surface area contributed by atoms with Gasteiger partial charge in [-0.1, -0.05) is 13.8 Å². The smallest absolute Gasteiger partial charge is 0.410 e. The van der Waals surface area contributed by atoms with Crippen molar-refractivity contribution < 1.29 is 14.3 Å². The Hall–Kier alpha value is -2.64. The number of carbonyl (C=O) groups excluding carboxylic acids is 2. The molecule has 0 aromatic carbocycles. The summed E-state index contributed by atoms with van der Waals surface area (Å²) in [4.78, 5) is 35.5. The number of hydrogen-bond donors (Lipinski definition) is 1. The summed E-state index contributed by atoms with van der Waals surface area (Å²) in [5.41, 5.74) is 2.13. The zero-order chi connectivity index (χ0) is 21.6. The summed E-state index contributed by atoms with van der Waals surface area (Å²) in [6.07, 6.45) is 4.31. The molecule has 2 aromatic heterocycles. The van der Waals surface area contributed by atoms with Crippen LogP contribution in [-0.2, 0) is 16.1 Å². The fourth-order valence-corrected chi connectivity index (χ4v) is 3.14. The van der Waals surface area contributed by atoms with Crippen molar-refractivity contribution in [3.05, 3.63) is 24.3 Å². The lowest BCUT2D eigenvalue weighted by Gasteiger charge is -2.32. The van der Waals surface area contributed by atoms with Gasteiger partial charge in [-0.3, -0.25) is 14.7 Å². The lowest BCUT2D eigenvalue weighted by molar-refractivity contribution is -0.126. The van der Waals surface area contributed by atoms with Crippen LogP contribution in [0.15, 0.2) is 18.6 Å². The van der Waals surface area contributed by atoms with Crippen molar-refractivity contribution in [1.29, 1.82) is 0 Å². The topological polar surface area (TPSA) is 89.4 Å². The molecular formula is C21H33N5O3. The fraction of sp³-hybridized carbons (Fsp3) is 0.619. The van der Waals surface area contributed by atoms with Gasteiger partial charge in [0.1, 0.15) is 17.2 Å². The van der Waals surface area contributed by atoms with Crippen molar-refractivity contribution in [3.63, 3.8) is 0 Å². The van der Waals surface area contributed by atoms with Gasteiger partial charge in [-0.15, -0.1) is 0 Å². The van der Waals surface area contributed by atoms with E-state index in [9.17, 15) is 9.59 Å². The molecule has 0 aliphatic carbocycles. The first kappa shape index (κ1) is 22.6. The number of carbonyl (C=O) groups is 2. The average Bonchev–Trinajstić information content (AvgIpc) is 3.02. The van der Waals surface area contributed by atoms with Crippen molar-refractivity contribution in [1.82, 2.24) is 24.8 Å². The van der Waals surface area contributed by atoms with Gasteiger partial charge >= 0.3 is 6.09 Å². The van der Waals surface area contributed by atoms with Gasteiger partial charge in [0.25, 0.3) is 0 Å². The summed E-state index contributed by atoms with van der Waals surface area (Å²) in [6.45, 7) is 12.8. The third kappa shape index (κ3) is 6.17. The molecule has 0 aliphatic rings. The first-order valence-electron chi connectivity index (χ1n) is 10.2. The third-order valence-electron chi connectivity index (χ3n) is 4.45. The third-order valence-corrected chi connectivity index (χ3v) is 4.45. The lowest BCUT2D eigenvalue weighted by atomic mass is 10.1. The summed E-state index contributed by atoms with van der Waals surface area (Å²) in [5, 5.41) is 2.96. The van der Waals surface area contributed by atoms with E-state index in [1.807, 2.05) is 52.2 Å². The van der Waals surface area contributed by atoms with Crippen LogP contribution in [0.25, 0.3) is 11.0 Å². The fourth-order valence-electron chi connectivity index (χ4n) is 3.14. The van der Waals surface area contributed by atoms with Crippen LogP contribution < -0.4 is 5.32 Å². The summed E-state index contributed by atoms with van der Waals surface area (Å²) in [7, 11) is 0. The molecule has 0 spiro atoms. The van der Waals surface area contributed by atoms with Gasteiger partial charge in [0.2, 0.25) is 5.91 Å². The summed E-state index contributed by atoms with van der Waals surface area (Å²) < 4.78 is 7.49. The first-order valence-corrected chi connectivity index (χ1v) is 10.2. The Morgan fingerprint density at radius 1 is 1.28 bits per heavy atom. The number of imidazole rings is 1. The molecule has 160 valence electrons. The van der Waals surface area contributed by atoms with E-state index in [2.05, 4.69) is 15.3 Å². The molecule has 1 N–H and O–H groups in total. The number of aryl methyl sites for hydroxylation is 1. The molecule has 2 amide bonds. The van der Waals surface area contributed by atoms with E-state index in [1.54, 1.807) is 12.5 Å².